The van der Waals surface area contributed by atoms with Crippen molar-refractivity contribution < 1.29 is 9.90 Å². The molecule has 70 valence electrons. The maximum atomic E-state index is 10.5. The van der Waals surface area contributed by atoms with Gasteiger partial charge in [0.05, 0.1) is 6.42 Å². The van der Waals surface area contributed by atoms with E-state index in [1.54, 1.807) is 12.1 Å². The fourth-order valence-electron chi connectivity index (χ4n) is 1.01. The first-order chi connectivity index (χ1) is 6.13. The Kier molecular flexibility index (Phi) is 3.75. The highest BCUT2D eigenvalue weighted by Crippen LogP contribution is 2.19. The minimum Gasteiger partial charge on any atom is -0.481 e. The third kappa shape index (κ3) is 3.01. The van der Waals surface area contributed by atoms with Gasteiger partial charge in [0.25, 0.3) is 0 Å². The maximum absolute atomic E-state index is 10.5. The molecule has 0 atom stereocenters. The SMILES string of the molecule is O=C(O)Cc1cc(CBr)ccc1Cl. The van der Waals surface area contributed by atoms with E-state index in [4.69, 9.17) is 16.7 Å². The van der Waals surface area contributed by atoms with Crippen molar-refractivity contribution in [2.75, 3.05) is 0 Å². The van der Waals surface area contributed by atoms with E-state index in [0.29, 0.717) is 15.9 Å². The molecular formula is C9H8BrClO2. The quantitative estimate of drug-likeness (QED) is 0.852. The van der Waals surface area contributed by atoms with Crippen LogP contribution >= 0.6 is 27.5 Å². The van der Waals surface area contributed by atoms with E-state index in [9.17, 15) is 4.79 Å². The van der Waals surface area contributed by atoms with E-state index in [1.807, 2.05) is 6.07 Å². The lowest BCUT2D eigenvalue weighted by Gasteiger charge is -2.02. The molecule has 0 bridgehead atoms. The van der Waals surface area contributed by atoms with Crippen molar-refractivity contribution in [3.63, 3.8) is 0 Å². The van der Waals surface area contributed by atoms with Gasteiger partial charge in [0.15, 0.2) is 0 Å². The predicted molar refractivity (Wildman–Crippen MR) is 55.4 cm³/mol. The summed E-state index contributed by atoms with van der Waals surface area (Å²) in [6.07, 6.45) is -0.0281. The highest BCUT2D eigenvalue weighted by atomic mass is 79.9. The Hall–Kier alpha value is -0.540. The van der Waals surface area contributed by atoms with Crippen LogP contribution in [0, 0.1) is 0 Å². The maximum Gasteiger partial charge on any atom is 0.307 e. The molecule has 0 saturated heterocycles. The molecule has 1 aromatic carbocycles. The minimum atomic E-state index is -0.867. The lowest BCUT2D eigenvalue weighted by atomic mass is 10.1. The molecule has 0 amide bonds. The number of hydrogen-bond donors (Lipinski definition) is 1. The summed E-state index contributed by atoms with van der Waals surface area (Å²) in [5, 5.41) is 9.80. The molecular weight excluding hydrogens is 255 g/mol. The van der Waals surface area contributed by atoms with Gasteiger partial charge in [0.1, 0.15) is 0 Å². The first-order valence-corrected chi connectivity index (χ1v) is 5.18. The first-order valence-electron chi connectivity index (χ1n) is 3.68. The lowest BCUT2D eigenvalue weighted by molar-refractivity contribution is -0.136. The van der Waals surface area contributed by atoms with Gasteiger partial charge in [0, 0.05) is 10.4 Å². The second kappa shape index (κ2) is 4.63. The largest absolute Gasteiger partial charge is 0.481 e. The van der Waals surface area contributed by atoms with Crippen molar-refractivity contribution in [3.05, 3.63) is 34.3 Å². The average molecular weight is 264 g/mol. The van der Waals surface area contributed by atoms with Gasteiger partial charge in [0.2, 0.25) is 0 Å². The zero-order chi connectivity index (χ0) is 9.84. The molecule has 13 heavy (non-hydrogen) atoms. The number of rotatable bonds is 3. The molecule has 0 aliphatic carbocycles. The molecule has 0 aromatic heterocycles. The molecule has 1 rings (SSSR count). The monoisotopic (exact) mass is 262 g/mol. The van der Waals surface area contributed by atoms with E-state index in [1.165, 1.54) is 0 Å². The van der Waals surface area contributed by atoms with E-state index >= 15 is 0 Å². The molecule has 0 aliphatic heterocycles. The summed E-state index contributed by atoms with van der Waals surface area (Å²) in [5.41, 5.74) is 1.69. The third-order valence-electron chi connectivity index (χ3n) is 1.61. The van der Waals surface area contributed by atoms with Crippen molar-refractivity contribution in [2.45, 2.75) is 11.8 Å². The van der Waals surface area contributed by atoms with Crippen LogP contribution in [-0.4, -0.2) is 11.1 Å². The Balaban J connectivity index is 2.96. The smallest absolute Gasteiger partial charge is 0.307 e. The Morgan fingerprint density at radius 1 is 1.54 bits per heavy atom. The summed E-state index contributed by atoms with van der Waals surface area (Å²) in [5.74, 6) is -0.867. The van der Waals surface area contributed by atoms with Crippen molar-refractivity contribution >= 4 is 33.5 Å². The topological polar surface area (TPSA) is 37.3 Å². The van der Waals surface area contributed by atoms with Gasteiger partial charge in [-0.25, -0.2) is 0 Å². The minimum absolute atomic E-state index is 0.0281. The van der Waals surface area contributed by atoms with Crippen LogP contribution in [0.1, 0.15) is 11.1 Å². The highest BCUT2D eigenvalue weighted by Gasteiger charge is 2.05. The standard InChI is InChI=1S/C9H8BrClO2/c10-5-6-1-2-8(11)7(3-6)4-9(12)13/h1-3H,4-5H2,(H,12,13). The molecule has 0 spiro atoms. The normalized spacial score (nSPS) is 10.0. The van der Waals surface area contributed by atoms with E-state index in [-0.39, 0.29) is 6.42 Å². The van der Waals surface area contributed by atoms with E-state index < -0.39 is 5.97 Å². The van der Waals surface area contributed by atoms with Crippen molar-refractivity contribution in [1.82, 2.24) is 0 Å². The Morgan fingerprint density at radius 3 is 2.77 bits per heavy atom. The summed E-state index contributed by atoms with van der Waals surface area (Å²) in [4.78, 5) is 10.5. The number of aliphatic carboxylic acids is 1. The van der Waals surface area contributed by atoms with Crippen LogP contribution in [0.5, 0.6) is 0 Å². The van der Waals surface area contributed by atoms with E-state index in [0.717, 1.165) is 5.56 Å². The molecule has 2 nitrogen and oxygen atoms in total. The number of carbonyl (C=O) groups is 1. The molecule has 0 radical (unpaired) electrons. The van der Waals surface area contributed by atoms with Gasteiger partial charge in [-0.15, -0.1) is 0 Å². The van der Waals surface area contributed by atoms with Crippen LogP contribution in [0.15, 0.2) is 18.2 Å². The number of hydrogen-bond acceptors (Lipinski definition) is 1. The predicted octanol–water partition coefficient (Wildman–Crippen LogP) is 2.86. The fraction of sp³-hybridized carbons (Fsp3) is 0.222. The third-order valence-corrected chi connectivity index (χ3v) is 2.62. The summed E-state index contributed by atoms with van der Waals surface area (Å²) in [7, 11) is 0. The van der Waals surface area contributed by atoms with E-state index in [2.05, 4.69) is 15.9 Å². The van der Waals surface area contributed by atoms with Crippen molar-refractivity contribution in [2.24, 2.45) is 0 Å². The second-order valence-electron chi connectivity index (χ2n) is 2.63. The second-order valence-corrected chi connectivity index (χ2v) is 3.60. The summed E-state index contributed by atoms with van der Waals surface area (Å²) >= 11 is 9.11. The molecule has 0 aliphatic rings. The Morgan fingerprint density at radius 2 is 2.23 bits per heavy atom. The van der Waals surface area contributed by atoms with Crippen LogP contribution < -0.4 is 0 Å². The molecule has 0 heterocycles. The number of alkyl halides is 1. The Labute approximate surface area is 89.7 Å². The summed E-state index contributed by atoms with van der Waals surface area (Å²) in [6.45, 7) is 0. The lowest BCUT2D eigenvalue weighted by Crippen LogP contribution is -2.01. The molecule has 1 aromatic rings. The summed E-state index contributed by atoms with van der Waals surface area (Å²) in [6, 6.07) is 5.38. The zero-order valence-electron chi connectivity index (χ0n) is 6.76. The van der Waals surface area contributed by atoms with Crippen LogP contribution in [0.25, 0.3) is 0 Å². The van der Waals surface area contributed by atoms with Crippen LogP contribution in [0.2, 0.25) is 5.02 Å². The van der Waals surface area contributed by atoms with Crippen molar-refractivity contribution in [1.29, 1.82) is 0 Å². The van der Waals surface area contributed by atoms with Gasteiger partial charge >= 0.3 is 5.97 Å². The van der Waals surface area contributed by atoms with Crippen molar-refractivity contribution in [3.8, 4) is 0 Å². The molecule has 4 heteroatoms. The van der Waals surface area contributed by atoms with Crippen LogP contribution in [0.3, 0.4) is 0 Å². The van der Waals surface area contributed by atoms with Gasteiger partial charge < -0.3 is 5.11 Å². The first kappa shape index (κ1) is 10.5. The van der Waals surface area contributed by atoms with Gasteiger partial charge in [-0.1, -0.05) is 39.7 Å². The molecule has 0 saturated carbocycles. The average Bonchev–Trinajstić information content (AvgIpc) is 2.08. The number of carboxylic acids is 1. The number of benzene rings is 1. The molecule has 1 N–H and O–H groups in total. The zero-order valence-corrected chi connectivity index (χ0v) is 9.10. The number of carboxylic acid groups (broad SMARTS) is 1. The van der Waals surface area contributed by atoms with Crippen LogP contribution in [0.4, 0.5) is 0 Å². The van der Waals surface area contributed by atoms with Gasteiger partial charge in [-0.05, 0) is 17.2 Å². The summed E-state index contributed by atoms with van der Waals surface area (Å²) < 4.78 is 0. The van der Waals surface area contributed by atoms with Crippen LogP contribution in [-0.2, 0) is 16.5 Å². The molecule has 0 unspecified atom stereocenters. The Bertz CT molecular complexity index is 325. The van der Waals surface area contributed by atoms with Gasteiger partial charge in [-0.2, -0.15) is 0 Å². The fourth-order valence-corrected chi connectivity index (χ4v) is 1.54. The highest BCUT2D eigenvalue weighted by molar-refractivity contribution is 9.08. The number of halogens is 2. The van der Waals surface area contributed by atoms with Gasteiger partial charge in [-0.3, -0.25) is 4.79 Å². The molecule has 0 fully saturated rings.